The number of rotatable bonds is 3. The Morgan fingerprint density at radius 3 is 2.65 bits per heavy atom. The van der Waals surface area contributed by atoms with Crippen LogP contribution in [0.25, 0.3) is 0 Å². The molecule has 0 amide bonds. The van der Waals surface area contributed by atoms with E-state index in [1.165, 1.54) is 30.4 Å². The molecular formula is C16H25N. The Balaban J connectivity index is 2.09. The Hall–Kier alpha value is -0.820. The smallest absolute Gasteiger partial charge is 0.00925 e. The molecule has 3 unspecified atom stereocenters. The summed E-state index contributed by atoms with van der Waals surface area (Å²) in [5.41, 5.74) is 4.40. The highest BCUT2D eigenvalue weighted by molar-refractivity contribution is 5.31. The predicted molar refractivity (Wildman–Crippen MR) is 74.4 cm³/mol. The third kappa shape index (κ3) is 2.71. The van der Waals surface area contributed by atoms with Crippen LogP contribution in [0.2, 0.25) is 0 Å². The van der Waals surface area contributed by atoms with Crippen LogP contribution in [0.3, 0.4) is 0 Å². The highest BCUT2D eigenvalue weighted by Gasteiger charge is 2.31. The molecule has 1 aliphatic carbocycles. The summed E-state index contributed by atoms with van der Waals surface area (Å²) in [6.45, 7) is 6.84. The fourth-order valence-corrected chi connectivity index (χ4v) is 3.25. The van der Waals surface area contributed by atoms with Crippen molar-refractivity contribution < 1.29 is 0 Å². The van der Waals surface area contributed by atoms with Crippen LogP contribution in [0.4, 0.5) is 0 Å². The Kier molecular flexibility index (Phi) is 3.88. The first kappa shape index (κ1) is 12.6. The van der Waals surface area contributed by atoms with E-state index in [-0.39, 0.29) is 0 Å². The first-order chi connectivity index (χ1) is 8.11. The van der Waals surface area contributed by atoms with Gasteiger partial charge in [0, 0.05) is 6.04 Å². The maximum atomic E-state index is 3.46. The highest BCUT2D eigenvalue weighted by atomic mass is 14.9. The van der Waals surface area contributed by atoms with Crippen LogP contribution in [0, 0.1) is 25.7 Å². The van der Waals surface area contributed by atoms with Crippen molar-refractivity contribution in [3.63, 3.8) is 0 Å². The van der Waals surface area contributed by atoms with E-state index in [1.807, 2.05) is 0 Å². The molecule has 3 atom stereocenters. The highest BCUT2D eigenvalue weighted by Crippen LogP contribution is 2.34. The monoisotopic (exact) mass is 231 g/mol. The molecule has 1 fully saturated rings. The van der Waals surface area contributed by atoms with Crippen LogP contribution in [-0.2, 0) is 6.42 Å². The van der Waals surface area contributed by atoms with E-state index >= 15 is 0 Å². The molecule has 0 aliphatic heterocycles. The van der Waals surface area contributed by atoms with Crippen molar-refractivity contribution in [1.82, 2.24) is 5.32 Å². The molecule has 1 N–H and O–H groups in total. The van der Waals surface area contributed by atoms with E-state index in [2.05, 4.69) is 51.3 Å². The maximum absolute atomic E-state index is 3.46. The van der Waals surface area contributed by atoms with Gasteiger partial charge in [0.25, 0.3) is 0 Å². The molecule has 1 aromatic carbocycles. The van der Waals surface area contributed by atoms with Gasteiger partial charge in [-0.15, -0.1) is 0 Å². The summed E-state index contributed by atoms with van der Waals surface area (Å²) in [5.74, 6) is 1.66. The fraction of sp³-hybridized carbons (Fsp3) is 0.625. The van der Waals surface area contributed by atoms with Gasteiger partial charge in [-0.2, -0.15) is 0 Å². The topological polar surface area (TPSA) is 12.0 Å². The molecule has 1 aliphatic rings. The summed E-state index contributed by atoms with van der Waals surface area (Å²) in [6.07, 6.45) is 3.97. The lowest BCUT2D eigenvalue weighted by molar-refractivity contribution is 0.363. The van der Waals surface area contributed by atoms with Gasteiger partial charge < -0.3 is 5.32 Å². The van der Waals surface area contributed by atoms with E-state index in [9.17, 15) is 0 Å². The summed E-state index contributed by atoms with van der Waals surface area (Å²) >= 11 is 0. The van der Waals surface area contributed by atoms with Gasteiger partial charge in [0.05, 0.1) is 0 Å². The van der Waals surface area contributed by atoms with Crippen LogP contribution in [-0.4, -0.2) is 13.1 Å². The van der Waals surface area contributed by atoms with Gasteiger partial charge >= 0.3 is 0 Å². The Morgan fingerprint density at radius 1 is 1.24 bits per heavy atom. The van der Waals surface area contributed by atoms with Crippen molar-refractivity contribution in [2.24, 2.45) is 11.8 Å². The molecule has 1 saturated carbocycles. The number of hydrogen-bond donors (Lipinski definition) is 1. The van der Waals surface area contributed by atoms with Gasteiger partial charge in [-0.3, -0.25) is 0 Å². The standard InChI is InChI=1S/C16H25N/c1-11-5-6-12(2)15(9-11)10-14-7-8-16(17-4)13(14)3/h5-6,9,13-14,16-17H,7-8,10H2,1-4H3. The lowest BCUT2D eigenvalue weighted by Gasteiger charge is -2.21. The first-order valence-electron chi connectivity index (χ1n) is 6.85. The van der Waals surface area contributed by atoms with Gasteiger partial charge in [0.15, 0.2) is 0 Å². The zero-order valence-electron chi connectivity index (χ0n) is 11.6. The van der Waals surface area contributed by atoms with E-state index < -0.39 is 0 Å². The third-order valence-electron chi connectivity index (χ3n) is 4.58. The van der Waals surface area contributed by atoms with Crippen LogP contribution >= 0.6 is 0 Å². The second-order valence-electron chi connectivity index (χ2n) is 5.73. The molecule has 0 bridgehead atoms. The molecule has 0 spiro atoms. The summed E-state index contributed by atoms with van der Waals surface area (Å²) in [7, 11) is 2.10. The largest absolute Gasteiger partial charge is 0.317 e. The molecule has 94 valence electrons. The molecule has 0 saturated heterocycles. The molecular weight excluding hydrogens is 206 g/mol. The fourth-order valence-electron chi connectivity index (χ4n) is 3.25. The van der Waals surface area contributed by atoms with Crippen LogP contribution in [0.15, 0.2) is 18.2 Å². The SMILES string of the molecule is CNC1CCC(Cc2cc(C)ccc2C)C1C. The average molecular weight is 231 g/mol. The van der Waals surface area contributed by atoms with Gasteiger partial charge in [0.2, 0.25) is 0 Å². The first-order valence-corrected chi connectivity index (χ1v) is 6.85. The van der Waals surface area contributed by atoms with Crippen molar-refractivity contribution in [3.8, 4) is 0 Å². The number of aryl methyl sites for hydroxylation is 2. The summed E-state index contributed by atoms with van der Waals surface area (Å²) < 4.78 is 0. The average Bonchev–Trinajstić information content (AvgIpc) is 2.65. The van der Waals surface area contributed by atoms with Gasteiger partial charge in [-0.25, -0.2) is 0 Å². The summed E-state index contributed by atoms with van der Waals surface area (Å²) in [6, 6.07) is 7.58. The molecule has 0 aromatic heterocycles. The summed E-state index contributed by atoms with van der Waals surface area (Å²) in [5, 5.41) is 3.46. The number of nitrogens with one attached hydrogen (secondary N) is 1. The Labute approximate surface area is 106 Å². The molecule has 1 nitrogen and oxygen atoms in total. The maximum Gasteiger partial charge on any atom is 0.00925 e. The Bertz CT molecular complexity index is 383. The second-order valence-corrected chi connectivity index (χ2v) is 5.73. The van der Waals surface area contributed by atoms with Crippen LogP contribution < -0.4 is 5.32 Å². The van der Waals surface area contributed by atoms with Crippen molar-refractivity contribution in [3.05, 3.63) is 34.9 Å². The van der Waals surface area contributed by atoms with Crippen LogP contribution in [0.5, 0.6) is 0 Å². The van der Waals surface area contributed by atoms with E-state index in [0.29, 0.717) is 0 Å². The van der Waals surface area contributed by atoms with Gasteiger partial charge in [0.1, 0.15) is 0 Å². The minimum atomic E-state index is 0.727. The quantitative estimate of drug-likeness (QED) is 0.840. The van der Waals surface area contributed by atoms with E-state index in [1.54, 1.807) is 5.56 Å². The lowest BCUT2D eigenvalue weighted by atomic mass is 9.87. The number of hydrogen-bond acceptors (Lipinski definition) is 1. The zero-order valence-corrected chi connectivity index (χ0v) is 11.6. The predicted octanol–water partition coefficient (Wildman–Crippen LogP) is 3.48. The van der Waals surface area contributed by atoms with E-state index in [4.69, 9.17) is 0 Å². The lowest BCUT2D eigenvalue weighted by Crippen LogP contribution is -2.29. The van der Waals surface area contributed by atoms with E-state index in [0.717, 1.165) is 17.9 Å². The molecule has 0 heterocycles. The number of benzene rings is 1. The molecule has 17 heavy (non-hydrogen) atoms. The zero-order chi connectivity index (χ0) is 12.4. The minimum Gasteiger partial charge on any atom is -0.317 e. The van der Waals surface area contributed by atoms with Crippen molar-refractivity contribution in [2.45, 2.75) is 46.1 Å². The molecule has 1 aromatic rings. The van der Waals surface area contributed by atoms with Crippen molar-refractivity contribution in [2.75, 3.05) is 7.05 Å². The van der Waals surface area contributed by atoms with Gasteiger partial charge in [-0.1, -0.05) is 30.7 Å². The second kappa shape index (κ2) is 5.22. The van der Waals surface area contributed by atoms with Gasteiger partial charge in [-0.05, 0) is 63.1 Å². The molecule has 0 radical (unpaired) electrons. The third-order valence-corrected chi connectivity index (χ3v) is 4.58. The molecule has 1 heteroatoms. The summed E-state index contributed by atoms with van der Waals surface area (Å²) in [4.78, 5) is 0. The molecule has 2 rings (SSSR count). The normalized spacial score (nSPS) is 28.6. The van der Waals surface area contributed by atoms with Crippen molar-refractivity contribution in [1.29, 1.82) is 0 Å². The minimum absolute atomic E-state index is 0.727. The Morgan fingerprint density at radius 2 is 2.00 bits per heavy atom. The van der Waals surface area contributed by atoms with Crippen molar-refractivity contribution >= 4 is 0 Å². The van der Waals surface area contributed by atoms with Crippen LogP contribution in [0.1, 0.15) is 36.5 Å².